The molecule has 0 aliphatic carbocycles. The lowest BCUT2D eigenvalue weighted by molar-refractivity contribution is 0.316. The van der Waals surface area contributed by atoms with E-state index in [0.717, 1.165) is 17.2 Å². The second-order valence-corrected chi connectivity index (χ2v) is 9.67. The summed E-state index contributed by atoms with van der Waals surface area (Å²) in [6.07, 6.45) is 0. The topological polar surface area (TPSA) is 99.4 Å². The first-order chi connectivity index (χ1) is 20.9. The minimum atomic E-state index is -1.79. The number of nitrogens with zero attached hydrogens (tertiary/aromatic N) is 5. The molecule has 0 spiro atoms. The van der Waals surface area contributed by atoms with E-state index in [1.165, 1.54) is 18.2 Å². The van der Waals surface area contributed by atoms with Crippen molar-refractivity contribution in [3.63, 3.8) is 0 Å². The molecule has 0 saturated heterocycles. The molecule has 2 aromatic heterocycles. The lowest BCUT2D eigenvalue weighted by atomic mass is 9.92. The van der Waals surface area contributed by atoms with Gasteiger partial charge in [0.25, 0.3) is 0 Å². The Kier molecular flexibility index (Phi) is 5.86. The Morgan fingerprint density at radius 3 is 1.98 bits per heavy atom. The van der Waals surface area contributed by atoms with Crippen LogP contribution in [0.1, 0.15) is 11.1 Å². The summed E-state index contributed by atoms with van der Waals surface area (Å²) in [4.78, 5) is 4.83. The molecular weight excluding hydrogens is 558 g/mol. The highest BCUT2D eigenvalue weighted by molar-refractivity contribution is 6.23. The molecule has 43 heavy (non-hydrogen) atoms. The molecule has 204 valence electrons. The molecule has 0 aliphatic rings. The molecule has 2 heterocycles. The zero-order valence-electron chi connectivity index (χ0n) is 21.7. The molecule has 10 heteroatoms. The highest BCUT2D eigenvalue weighted by Gasteiger charge is 2.27. The number of hydrogen-bond acceptors (Lipinski definition) is 6. The second kappa shape index (κ2) is 9.75. The molecule has 0 bridgehead atoms. The average molecular weight is 571 g/mol. The van der Waals surface area contributed by atoms with Crippen LogP contribution in [0.2, 0.25) is 0 Å². The monoisotopic (exact) mass is 571 g/mol. The lowest BCUT2D eigenvalue weighted by Gasteiger charge is -2.14. The van der Waals surface area contributed by atoms with E-state index in [0.29, 0.717) is 44.0 Å². The summed E-state index contributed by atoms with van der Waals surface area (Å²) in [7, 11) is 0. The summed E-state index contributed by atoms with van der Waals surface area (Å²) < 4.78 is 64.2. The summed E-state index contributed by atoms with van der Waals surface area (Å²) >= 11 is 0. The SMILES string of the molecule is N#Cc1ccc(-c2nc3cc(-c4c(F)c(F)c(C#N)c(F)c4F)ccc3c3c2cc(-c2ccccc2)c2nonc23)cc1. The smallest absolute Gasteiger partial charge is 0.180 e. The fourth-order valence-corrected chi connectivity index (χ4v) is 5.32. The molecule has 0 saturated carbocycles. The van der Waals surface area contributed by atoms with Gasteiger partial charge in [0.1, 0.15) is 22.7 Å². The van der Waals surface area contributed by atoms with Gasteiger partial charge in [0.15, 0.2) is 23.3 Å². The second-order valence-electron chi connectivity index (χ2n) is 9.67. The fraction of sp³-hybridized carbons (Fsp3) is 0. The van der Waals surface area contributed by atoms with Gasteiger partial charge in [-0.3, -0.25) is 0 Å². The van der Waals surface area contributed by atoms with Gasteiger partial charge in [0, 0.05) is 27.3 Å². The summed E-state index contributed by atoms with van der Waals surface area (Å²) in [5, 5.41) is 28.3. The lowest BCUT2D eigenvalue weighted by Crippen LogP contribution is -2.04. The van der Waals surface area contributed by atoms with Gasteiger partial charge in [0.05, 0.1) is 28.4 Å². The van der Waals surface area contributed by atoms with Crippen molar-refractivity contribution in [1.82, 2.24) is 15.3 Å². The summed E-state index contributed by atoms with van der Waals surface area (Å²) in [6, 6.07) is 25.4. The van der Waals surface area contributed by atoms with E-state index in [4.69, 9.17) is 14.9 Å². The number of pyridine rings is 1. The molecular formula is C33H13F4N5O. The van der Waals surface area contributed by atoms with Gasteiger partial charge in [-0.2, -0.15) is 10.5 Å². The minimum Gasteiger partial charge on any atom is -0.247 e. The van der Waals surface area contributed by atoms with Crippen LogP contribution in [-0.2, 0) is 0 Å². The van der Waals surface area contributed by atoms with Crippen LogP contribution >= 0.6 is 0 Å². The van der Waals surface area contributed by atoms with Crippen molar-refractivity contribution >= 4 is 32.7 Å². The molecule has 0 N–H and O–H groups in total. The molecule has 7 aromatic rings. The maximum absolute atomic E-state index is 15.0. The van der Waals surface area contributed by atoms with E-state index in [2.05, 4.69) is 16.4 Å². The van der Waals surface area contributed by atoms with Crippen molar-refractivity contribution in [2.75, 3.05) is 0 Å². The van der Waals surface area contributed by atoms with Gasteiger partial charge in [-0.05, 0) is 45.7 Å². The number of aromatic nitrogens is 3. The molecule has 0 fully saturated rings. The number of nitriles is 2. The first kappa shape index (κ1) is 25.8. The zero-order valence-corrected chi connectivity index (χ0v) is 21.7. The third-order valence-electron chi connectivity index (χ3n) is 7.33. The van der Waals surface area contributed by atoms with Crippen LogP contribution in [0.15, 0.2) is 83.5 Å². The average Bonchev–Trinajstić information content (AvgIpc) is 3.54. The molecule has 0 aliphatic heterocycles. The normalized spacial score (nSPS) is 11.2. The van der Waals surface area contributed by atoms with Crippen LogP contribution in [-0.4, -0.2) is 15.3 Å². The van der Waals surface area contributed by atoms with Crippen LogP contribution in [0.4, 0.5) is 17.6 Å². The first-order valence-corrected chi connectivity index (χ1v) is 12.8. The van der Waals surface area contributed by atoms with Crippen molar-refractivity contribution in [3.05, 3.63) is 113 Å². The molecule has 7 rings (SSSR count). The number of fused-ring (bicyclic) bond motifs is 5. The zero-order chi connectivity index (χ0) is 29.8. The predicted octanol–water partition coefficient (Wildman–Crippen LogP) is 8.22. The van der Waals surface area contributed by atoms with E-state index in [1.54, 1.807) is 24.3 Å². The van der Waals surface area contributed by atoms with Crippen molar-refractivity contribution in [1.29, 1.82) is 10.5 Å². The number of benzene rings is 5. The van der Waals surface area contributed by atoms with Crippen molar-refractivity contribution in [3.8, 4) is 45.6 Å². The van der Waals surface area contributed by atoms with Gasteiger partial charge in [-0.1, -0.05) is 54.6 Å². The van der Waals surface area contributed by atoms with Crippen LogP contribution < -0.4 is 0 Å². The Hall–Kier alpha value is -6.13. The predicted molar refractivity (Wildman–Crippen MR) is 150 cm³/mol. The van der Waals surface area contributed by atoms with Crippen LogP contribution in [0, 0.1) is 45.9 Å². The third-order valence-corrected chi connectivity index (χ3v) is 7.33. The Balaban J connectivity index is 1.59. The highest BCUT2D eigenvalue weighted by Crippen LogP contribution is 2.42. The maximum atomic E-state index is 15.0. The van der Waals surface area contributed by atoms with E-state index >= 15 is 8.78 Å². The molecule has 6 nitrogen and oxygen atoms in total. The van der Waals surface area contributed by atoms with Crippen LogP contribution in [0.3, 0.4) is 0 Å². The number of rotatable bonds is 3. The van der Waals surface area contributed by atoms with Crippen LogP contribution in [0.5, 0.6) is 0 Å². The van der Waals surface area contributed by atoms with E-state index < -0.39 is 34.4 Å². The third kappa shape index (κ3) is 3.89. The van der Waals surface area contributed by atoms with Crippen molar-refractivity contribution in [2.24, 2.45) is 0 Å². The number of hydrogen-bond donors (Lipinski definition) is 0. The fourth-order valence-electron chi connectivity index (χ4n) is 5.32. The Morgan fingerprint density at radius 1 is 0.628 bits per heavy atom. The Bertz CT molecular complexity index is 2330. The van der Waals surface area contributed by atoms with E-state index in [1.807, 2.05) is 36.4 Å². The molecule has 5 aromatic carbocycles. The molecule has 0 atom stereocenters. The quantitative estimate of drug-likeness (QED) is 0.120. The van der Waals surface area contributed by atoms with Gasteiger partial charge in [-0.15, -0.1) is 0 Å². The summed E-state index contributed by atoms with van der Waals surface area (Å²) in [5.74, 6) is -6.97. The largest absolute Gasteiger partial charge is 0.247 e. The maximum Gasteiger partial charge on any atom is 0.180 e. The summed E-state index contributed by atoms with van der Waals surface area (Å²) in [5.41, 5.74) is 1.67. The van der Waals surface area contributed by atoms with Gasteiger partial charge in [0.2, 0.25) is 0 Å². The van der Waals surface area contributed by atoms with Crippen molar-refractivity contribution in [2.45, 2.75) is 0 Å². The first-order valence-electron chi connectivity index (χ1n) is 12.8. The standard InChI is InChI=1S/C33H13F4N5O/c34-27-23(15-39)28(35)30(37)25(29(27)36)19-10-11-20-24(12-19)40-31(18-8-6-16(14-38)7-9-18)22-13-21(17-4-2-1-3-5-17)32-33(26(20)22)42-43-41-32/h1-13H. The van der Waals surface area contributed by atoms with Crippen LogP contribution in [0.25, 0.3) is 66.2 Å². The molecule has 0 radical (unpaired) electrons. The summed E-state index contributed by atoms with van der Waals surface area (Å²) in [6.45, 7) is 0. The highest BCUT2D eigenvalue weighted by atomic mass is 19.2. The van der Waals surface area contributed by atoms with E-state index in [9.17, 15) is 14.0 Å². The van der Waals surface area contributed by atoms with Gasteiger partial charge < -0.3 is 0 Å². The van der Waals surface area contributed by atoms with Crippen molar-refractivity contribution < 1.29 is 22.2 Å². The Labute approximate surface area is 239 Å². The molecule has 0 unspecified atom stereocenters. The van der Waals surface area contributed by atoms with Gasteiger partial charge >= 0.3 is 0 Å². The van der Waals surface area contributed by atoms with E-state index in [-0.39, 0.29) is 11.1 Å². The van der Waals surface area contributed by atoms with Gasteiger partial charge in [-0.25, -0.2) is 27.2 Å². The molecule has 0 amide bonds. The number of halogens is 4. The Morgan fingerprint density at radius 2 is 1.30 bits per heavy atom. The minimum absolute atomic E-state index is 0.196.